The zero-order chi connectivity index (χ0) is 55.1. The van der Waals surface area contributed by atoms with Crippen LogP contribution in [0.1, 0.15) is 36.5 Å². The quantitative estimate of drug-likeness (QED) is 0.0379. The summed E-state index contributed by atoms with van der Waals surface area (Å²) in [7, 11) is -24.4. The van der Waals surface area contributed by atoms with E-state index in [1.54, 1.807) is 41.9 Å². The van der Waals surface area contributed by atoms with E-state index in [-0.39, 0.29) is 80.1 Å². The molecule has 1 unspecified atom stereocenters. The van der Waals surface area contributed by atoms with Crippen molar-refractivity contribution >= 4 is 112 Å². The van der Waals surface area contributed by atoms with Gasteiger partial charge in [-0.3, -0.25) is 32.4 Å². The summed E-state index contributed by atoms with van der Waals surface area (Å²) < 4.78 is 178. The van der Waals surface area contributed by atoms with Crippen molar-refractivity contribution in [3.05, 3.63) is 161 Å². The summed E-state index contributed by atoms with van der Waals surface area (Å²) in [6, 6.07) is 22.3. The molecule has 0 saturated heterocycles. The first kappa shape index (κ1) is 53.6. The molecule has 0 spiro atoms. The molecular formula is C50H42N3O18S5+. The van der Waals surface area contributed by atoms with E-state index >= 15 is 0 Å². The highest BCUT2D eigenvalue weighted by atomic mass is 32.2. The fourth-order valence-corrected chi connectivity index (χ4v) is 13.0. The molecule has 76 heavy (non-hydrogen) atoms. The van der Waals surface area contributed by atoms with Gasteiger partial charge in [-0.1, -0.05) is 72.8 Å². The number of hydrogen-bond acceptors (Lipinski definition) is 12. The summed E-state index contributed by atoms with van der Waals surface area (Å²) in [6.45, 7) is 1.36. The smallest absolute Gasteiger partial charge is 0.319 e. The first-order valence-electron chi connectivity index (χ1n) is 22.5. The second-order valence-corrected chi connectivity index (χ2v) is 24.9. The maximum absolute atomic E-state index is 14.0. The first-order valence-corrected chi connectivity index (χ1v) is 29.7. The number of carboxylic acids is 1. The van der Waals surface area contributed by atoms with Crippen molar-refractivity contribution in [2.75, 3.05) is 6.54 Å². The molecule has 7 aromatic rings. The zero-order valence-electron chi connectivity index (χ0n) is 39.3. The number of hydrogen-bond donors (Lipinski definition) is 7. The minimum absolute atomic E-state index is 0.0253. The summed E-state index contributed by atoms with van der Waals surface area (Å²) in [5, 5.41) is 14.8. The van der Waals surface area contributed by atoms with E-state index in [1.165, 1.54) is 89.5 Å². The number of carboxylic acid groups (broad SMARTS) is 1. The second kappa shape index (κ2) is 19.1. The summed E-state index contributed by atoms with van der Waals surface area (Å²) >= 11 is 0. The fourth-order valence-electron chi connectivity index (χ4n) is 9.88. The molecule has 2 aliphatic rings. The monoisotopic (exact) mass is 1130 g/mol. The van der Waals surface area contributed by atoms with Gasteiger partial charge in [0, 0.05) is 51.6 Å². The number of aromatic nitrogens is 1. The van der Waals surface area contributed by atoms with Gasteiger partial charge >= 0.3 is 16.1 Å². The predicted octanol–water partition coefficient (Wildman–Crippen LogP) is 5.49. The molecule has 0 radical (unpaired) electrons. The van der Waals surface area contributed by atoms with Crippen LogP contribution < -0.4 is 10.7 Å². The number of carbonyl (C=O) groups is 2. The minimum atomic E-state index is -5.30. The summed E-state index contributed by atoms with van der Waals surface area (Å²) in [4.78, 5) is 24.5. The van der Waals surface area contributed by atoms with Gasteiger partial charge in [-0.05, 0) is 91.1 Å². The maximum atomic E-state index is 14.0. The Morgan fingerprint density at radius 1 is 0.632 bits per heavy atom. The van der Waals surface area contributed by atoms with Gasteiger partial charge < -0.3 is 15.0 Å². The van der Waals surface area contributed by atoms with Crippen LogP contribution in [-0.4, -0.2) is 103 Å². The third kappa shape index (κ3) is 9.90. The highest BCUT2D eigenvalue weighted by Gasteiger charge is 2.48. The summed E-state index contributed by atoms with van der Waals surface area (Å²) in [6.07, 6.45) is 6.87. The van der Waals surface area contributed by atoms with Crippen molar-refractivity contribution in [3.63, 3.8) is 0 Å². The highest BCUT2D eigenvalue weighted by molar-refractivity contribution is 7.87. The molecule has 1 atom stereocenters. The lowest BCUT2D eigenvalue weighted by Crippen LogP contribution is -2.48. The lowest BCUT2D eigenvalue weighted by atomic mass is 9.71. The largest absolute Gasteiger partial charge is 0.480 e. The van der Waals surface area contributed by atoms with E-state index in [0.717, 1.165) is 12.1 Å². The standard InChI is InChI=1S/C50H41N3O18S5/c1-2-51-48(54)50(49(55)56)25-31(13-19-39-35-5-3-7-37-42(74(63,64)65)22-21-41(45(35)37)52(39)27-29-9-15-33(16-10-29)72(57,58)59)23-32(26-50)14-20-40-36-6-4-8-38-43(75(66,67)68)24-44(76(69,70)71)47(46(36)38)53(40)28-30-11-17-34(18-12-30)73(60,61)62/h3-24H,2,25-28H2,1H3,(H6-,51,54,55,56,57,58,59,60,61,62,63,64,65,66,67,68,69,70,71)/p+1. The molecule has 0 saturated carbocycles. The van der Waals surface area contributed by atoms with Gasteiger partial charge in [-0.15, -0.1) is 0 Å². The van der Waals surface area contributed by atoms with Crippen LogP contribution in [0, 0.1) is 5.41 Å². The Kier molecular flexibility index (Phi) is 13.5. The van der Waals surface area contributed by atoms with Gasteiger partial charge in [0.15, 0.2) is 16.9 Å². The fraction of sp³-hybridized carbons (Fsp3) is 0.140. The number of rotatable bonds is 15. The van der Waals surface area contributed by atoms with Crippen molar-refractivity contribution in [1.82, 2.24) is 9.88 Å². The van der Waals surface area contributed by atoms with E-state index < -0.39 is 89.0 Å². The number of nitrogens with one attached hydrogen (secondary N) is 1. The third-order valence-electron chi connectivity index (χ3n) is 13.2. The van der Waals surface area contributed by atoms with Crippen molar-refractivity contribution in [3.8, 4) is 0 Å². The molecule has 9 rings (SSSR count). The van der Waals surface area contributed by atoms with Crippen molar-refractivity contribution in [1.29, 1.82) is 0 Å². The number of allylic oxidation sites excluding steroid dienone is 6. The second-order valence-electron chi connectivity index (χ2n) is 17.9. The molecule has 6 aromatic carbocycles. The van der Waals surface area contributed by atoms with Gasteiger partial charge in [-0.2, -0.15) is 46.7 Å². The molecule has 26 heteroatoms. The Morgan fingerprint density at radius 3 is 1.76 bits per heavy atom. The Labute approximate surface area is 433 Å². The van der Waals surface area contributed by atoms with Crippen LogP contribution in [0.2, 0.25) is 0 Å². The zero-order valence-corrected chi connectivity index (χ0v) is 43.3. The van der Waals surface area contributed by atoms with Crippen LogP contribution in [0.4, 0.5) is 5.69 Å². The molecule has 21 nitrogen and oxygen atoms in total. The van der Waals surface area contributed by atoms with Gasteiger partial charge in [0.1, 0.15) is 9.79 Å². The Morgan fingerprint density at radius 2 is 1.20 bits per heavy atom. The third-order valence-corrected chi connectivity index (χ3v) is 17.6. The number of benzene rings is 6. The highest BCUT2D eigenvalue weighted by Crippen LogP contribution is 2.45. The minimum Gasteiger partial charge on any atom is -0.480 e. The normalized spacial score (nSPS) is 17.4. The van der Waals surface area contributed by atoms with E-state index in [1.807, 2.05) is 0 Å². The van der Waals surface area contributed by atoms with Crippen molar-refractivity contribution < 1.29 is 84.1 Å². The molecule has 1 amide bonds. The molecule has 7 N–H and O–H groups in total. The van der Waals surface area contributed by atoms with E-state index in [2.05, 4.69) is 5.32 Å². The lowest BCUT2D eigenvalue weighted by Gasteiger charge is -2.32. The topological polar surface area (TPSA) is 346 Å². The predicted molar refractivity (Wildman–Crippen MR) is 275 cm³/mol. The maximum Gasteiger partial charge on any atom is 0.319 e. The molecule has 1 aromatic heterocycles. The van der Waals surface area contributed by atoms with Crippen molar-refractivity contribution in [2.45, 2.75) is 57.3 Å². The van der Waals surface area contributed by atoms with Crippen LogP contribution >= 0.6 is 0 Å². The van der Waals surface area contributed by atoms with E-state index in [4.69, 9.17) is 0 Å². The lowest BCUT2D eigenvalue weighted by molar-refractivity contribution is -0.455. The molecule has 394 valence electrons. The van der Waals surface area contributed by atoms with Gasteiger partial charge in [-0.25, -0.2) is 0 Å². The Balaban J connectivity index is 1.27. The molecule has 0 bridgehead atoms. The molecular weight excluding hydrogens is 1090 g/mol. The number of amides is 1. The first-order chi connectivity index (χ1) is 35.5. The molecule has 1 aliphatic carbocycles. The summed E-state index contributed by atoms with van der Waals surface area (Å²) in [5.74, 6) is -2.35. The van der Waals surface area contributed by atoms with Gasteiger partial charge in [0.05, 0.1) is 26.3 Å². The van der Waals surface area contributed by atoms with E-state index in [0.29, 0.717) is 38.8 Å². The van der Waals surface area contributed by atoms with Gasteiger partial charge in [0.2, 0.25) is 17.3 Å². The van der Waals surface area contributed by atoms with Gasteiger partial charge in [0.25, 0.3) is 40.5 Å². The average molecular weight is 1130 g/mol. The number of nitrogens with zero attached hydrogens (tertiary/aromatic N) is 2. The van der Waals surface area contributed by atoms with Crippen LogP contribution in [-0.2, 0) is 73.3 Å². The van der Waals surface area contributed by atoms with Crippen LogP contribution in [0.5, 0.6) is 0 Å². The SMILES string of the molecule is CCNC(=O)C1(C(=O)O)CC(=CC=c2c3cccc4c(S(=O)(=O)O)ccc(c43)n2Cc2ccc(S(=O)(=O)O)cc2)C=C(C=CC2=[N+](Cc3ccc(S(=O)(=O)O)cc3)c3c(S(=O)(=O)O)cc(S(=O)(=O)O)c4cccc2c34)C1. The summed E-state index contributed by atoms with van der Waals surface area (Å²) in [5.41, 5.74) is -0.328. The van der Waals surface area contributed by atoms with Crippen LogP contribution in [0.3, 0.4) is 0 Å². The Hall–Kier alpha value is -7.24. The number of carbonyl (C=O) groups excluding carboxylic acids is 1. The van der Waals surface area contributed by atoms with E-state index in [9.17, 15) is 79.5 Å². The van der Waals surface area contributed by atoms with Crippen LogP contribution in [0.25, 0.3) is 38.5 Å². The Bertz CT molecular complexity index is 4470. The molecule has 0 fully saturated rings. The number of aliphatic carboxylic acids is 1. The average Bonchev–Trinajstić information content (AvgIpc) is 3.91. The molecule has 1 aliphatic heterocycles. The van der Waals surface area contributed by atoms with Crippen molar-refractivity contribution in [2.24, 2.45) is 5.41 Å². The van der Waals surface area contributed by atoms with Crippen LogP contribution in [0.15, 0.2) is 163 Å². The molecule has 2 heterocycles.